The molecular weight excluding hydrogens is 414 g/mol. The van der Waals surface area contributed by atoms with Crippen molar-refractivity contribution < 1.29 is 19.5 Å². The van der Waals surface area contributed by atoms with Gasteiger partial charge in [0.1, 0.15) is 12.1 Å². The van der Waals surface area contributed by atoms with Crippen molar-refractivity contribution in [1.29, 1.82) is 0 Å². The highest BCUT2D eigenvalue weighted by atomic mass is 16.3. The predicted octanol–water partition coefficient (Wildman–Crippen LogP) is -0.730. The van der Waals surface area contributed by atoms with E-state index in [0.717, 1.165) is 31.6 Å². The number of aliphatic hydroxyl groups excluding tert-OH is 1. The van der Waals surface area contributed by atoms with Crippen LogP contribution in [0, 0.1) is 11.3 Å². The van der Waals surface area contributed by atoms with Crippen LogP contribution in [-0.2, 0) is 20.9 Å². The minimum Gasteiger partial charge on any atom is -0.391 e. The lowest BCUT2D eigenvalue weighted by Crippen LogP contribution is -2.49. The summed E-state index contributed by atoms with van der Waals surface area (Å²) in [5.74, 6) is -0.874. The van der Waals surface area contributed by atoms with Crippen LogP contribution in [-0.4, -0.2) is 86.4 Å². The Hall–Kier alpha value is -2.53. The van der Waals surface area contributed by atoms with E-state index < -0.39 is 23.6 Å². The third kappa shape index (κ3) is 5.26. The minimum atomic E-state index is -0.739. The van der Waals surface area contributed by atoms with Gasteiger partial charge in [-0.15, -0.1) is 5.10 Å². The zero-order chi connectivity index (χ0) is 23.6. The molecule has 2 aliphatic rings. The smallest absolute Gasteiger partial charge is 0.248 e. The molecule has 0 aliphatic carbocycles. The van der Waals surface area contributed by atoms with Gasteiger partial charge in [-0.2, -0.15) is 0 Å². The van der Waals surface area contributed by atoms with Crippen molar-refractivity contribution in [3.63, 3.8) is 0 Å². The van der Waals surface area contributed by atoms with Crippen molar-refractivity contribution in [2.45, 2.75) is 64.8 Å². The summed E-state index contributed by atoms with van der Waals surface area (Å²) in [4.78, 5) is 40.9. The molecule has 0 radical (unpaired) electrons. The number of hydrogen-bond acceptors (Lipinski definition) is 7. The molecule has 2 saturated heterocycles. The number of primary amides is 1. The van der Waals surface area contributed by atoms with Crippen molar-refractivity contribution in [2.24, 2.45) is 17.1 Å². The number of nitrogens with zero attached hydrogens (tertiary/aromatic N) is 5. The van der Waals surface area contributed by atoms with Gasteiger partial charge in [0.2, 0.25) is 17.7 Å². The summed E-state index contributed by atoms with van der Waals surface area (Å²) >= 11 is 0. The molecule has 11 nitrogen and oxygen atoms in total. The van der Waals surface area contributed by atoms with Gasteiger partial charge in [0.15, 0.2) is 0 Å². The maximum Gasteiger partial charge on any atom is 0.248 e. The topological polar surface area (TPSA) is 147 Å². The van der Waals surface area contributed by atoms with Crippen LogP contribution < -0.4 is 11.1 Å². The third-order valence-electron chi connectivity index (χ3n) is 6.36. The minimum absolute atomic E-state index is 0.0751. The molecule has 1 aromatic rings. The molecule has 2 aliphatic heterocycles. The zero-order valence-corrected chi connectivity index (χ0v) is 19.3. The number of likely N-dealkylation sites (tertiary alicyclic amines) is 2. The molecule has 0 spiro atoms. The fraction of sp³-hybridized carbons (Fsp3) is 0.762. The summed E-state index contributed by atoms with van der Waals surface area (Å²) in [7, 11) is 1.52. The van der Waals surface area contributed by atoms with E-state index in [2.05, 4.69) is 20.5 Å². The van der Waals surface area contributed by atoms with Crippen LogP contribution in [0.4, 0.5) is 0 Å². The second kappa shape index (κ2) is 9.53. The monoisotopic (exact) mass is 449 g/mol. The number of likely N-dealkylation sites (N-methyl/N-ethyl adjacent to an activating group) is 1. The number of carbonyl (C=O) groups is 3. The van der Waals surface area contributed by atoms with Crippen LogP contribution in [0.1, 0.15) is 51.8 Å². The molecule has 3 rings (SSSR count). The van der Waals surface area contributed by atoms with E-state index in [0.29, 0.717) is 6.54 Å². The number of piperidine rings is 1. The van der Waals surface area contributed by atoms with Crippen molar-refractivity contribution in [3.05, 3.63) is 11.9 Å². The Morgan fingerprint density at radius 2 is 1.94 bits per heavy atom. The number of nitrogens with two attached hydrogens (primary N) is 1. The summed E-state index contributed by atoms with van der Waals surface area (Å²) < 4.78 is 1.57. The molecule has 178 valence electrons. The van der Waals surface area contributed by atoms with Crippen LogP contribution in [0.5, 0.6) is 0 Å². The van der Waals surface area contributed by atoms with Gasteiger partial charge >= 0.3 is 0 Å². The van der Waals surface area contributed by atoms with Crippen LogP contribution in [0.3, 0.4) is 0 Å². The molecule has 0 saturated carbocycles. The lowest BCUT2D eigenvalue weighted by atomic mass is 9.85. The number of aromatic nitrogens is 3. The first kappa shape index (κ1) is 24.1. The van der Waals surface area contributed by atoms with E-state index in [1.165, 1.54) is 11.9 Å². The van der Waals surface area contributed by atoms with Crippen LogP contribution in [0.2, 0.25) is 0 Å². The van der Waals surface area contributed by atoms with Gasteiger partial charge in [-0.05, 0) is 31.3 Å². The summed E-state index contributed by atoms with van der Waals surface area (Å²) in [5.41, 5.74) is 5.64. The molecule has 0 bridgehead atoms. The molecule has 11 heteroatoms. The summed E-state index contributed by atoms with van der Waals surface area (Å²) in [6.07, 6.45) is 2.70. The Morgan fingerprint density at radius 1 is 1.28 bits per heavy atom. The Balaban J connectivity index is 1.75. The molecule has 4 N–H and O–H groups in total. The molecule has 0 aromatic carbocycles. The molecule has 32 heavy (non-hydrogen) atoms. The lowest BCUT2D eigenvalue weighted by Gasteiger charge is -2.34. The van der Waals surface area contributed by atoms with Crippen LogP contribution in [0.25, 0.3) is 0 Å². The fourth-order valence-corrected chi connectivity index (χ4v) is 4.63. The summed E-state index contributed by atoms with van der Waals surface area (Å²) in [6, 6.07) is -1.39. The van der Waals surface area contributed by atoms with Gasteiger partial charge in [0, 0.05) is 32.5 Å². The Kier molecular flexibility index (Phi) is 7.19. The van der Waals surface area contributed by atoms with Gasteiger partial charge in [-0.3, -0.25) is 19.3 Å². The van der Waals surface area contributed by atoms with Crippen molar-refractivity contribution in [3.8, 4) is 0 Å². The lowest BCUT2D eigenvalue weighted by molar-refractivity contribution is -0.144. The van der Waals surface area contributed by atoms with E-state index in [-0.39, 0.29) is 36.6 Å². The van der Waals surface area contributed by atoms with Gasteiger partial charge in [0.05, 0.1) is 18.0 Å². The number of β-amino-alcohol motifs (C(OH)–C–C–N with tert-alkyl or cyclic N) is 1. The second-order valence-corrected chi connectivity index (χ2v) is 9.92. The van der Waals surface area contributed by atoms with Crippen molar-refractivity contribution in [1.82, 2.24) is 30.1 Å². The van der Waals surface area contributed by atoms with E-state index in [4.69, 9.17) is 5.73 Å². The molecule has 3 amide bonds. The number of carbonyl (C=O) groups excluding carboxylic acids is 3. The summed E-state index contributed by atoms with van der Waals surface area (Å²) in [5, 5.41) is 21.2. The molecule has 3 atom stereocenters. The maximum atomic E-state index is 13.6. The Morgan fingerprint density at radius 3 is 2.50 bits per heavy atom. The highest BCUT2D eigenvalue weighted by molar-refractivity contribution is 5.90. The Bertz CT molecular complexity index is 841. The first-order chi connectivity index (χ1) is 15.0. The average Bonchev–Trinajstić information content (AvgIpc) is 3.33. The van der Waals surface area contributed by atoms with Crippen LogP contribution >= 0.6 is 0 Å². The van der Waals surface area contributed by atoms with Gasteiger partial charge in [0.25, 0.3) is 0 Å². The molecule has 2 fully saturated rings. The number of amides is 3. The normalized spacial score (nSPS) is 23.8. The Labute approximate surface area is 188 Å². The standard InChI is InChI=1S/C21H35N7O4/c1-21(2,3)17(20(32)27-12-15(29)9-16(27)19(31)23-4)28-11-14(24-25-28)10-26-7-5-13(6-8-26)18(22)30/h11,13,15-17,29H,5-10,12H2,1-4H3,(H2,22,30)(H,23,31)/t15-,16+,17-/m1/s1. The largest absolute Gasteiger partial charge is 0.391 e. The quantitative estimate of drug-likeness (QED) is 0.519. The fourth-order valence-electron chi connectivity index (χ4n) is 4.63. The predicted molar refractivity (Wildman–Crippen MR) is 116 cm³/mol. The molecule has 1 aromatic heterocycles. The average molecular weight is 450 g/mol. The number of aliphatic hydroxyl groups is 1. The van der Waals surface area contributed by atoms with Crippen molar-refractivity contribution in [2.75, 3.05) is 26.7 Å². The van der Waals surface area contributed by atoms with Crippen LogP contribution in [0.15, 0.2) is 6.20 Å². The van der Waals surface area contributed by atoms with Gasteiger partial charge in [-0.1, -0.05) is 26.0 Å². The van der Waals surface area contributed by atoms with Crippen molar-refractivity contribution >= 4 is 17.7 Å². The summed E-state index contributed by atoms with van der Waals surface area (Å²) in [6.45, 7) is 8.00. The first-order valence-corrected chi connectivity index (χ1v) is 11.1. The van der Waals surface area contributed by atoms with E-state index in [1.54, 1.807) is 10.9 Å². The molecule has 3 heterocycles. The number of nitrogens with one attached hydrogen (secondary N) is 1. The molecule has 0 unspecified atom stereocenters. The van der Waals surface area contributed by atoms with E-state index in [9.17, 15) is 19.5 Å². The van der Waals surface area contributed by atoms with Gasteiger partial charge in [-0.25, -0.2) is 4.68 Å². The van der Waals surface area contributed by atoms with E-state index >= 15 is 0 Å². The van der Waals surface area contributed by atoms with E-state index in [1.807, 2.05) is 20.8 Å². The SMILES string of the molecule is CNC(=O)[C@@H]1C[C@@H](O)CN1C(=O)[C@@H](n1cc(CN2CCC(C(N)=O)CC2)nn1)C(C)(C)C. The number of hydrogen-bond donors (Lipinski definition) is 3. The highest BCUT2D eigenvalue weighted by Crippen LogP contribution is 2.34. The number of rotatable bonds is 6. The molecular formula is C21H35N7O4. The highest BCUT2D eigenvalue weighted by Gasteiger charge is 2.45. The third-order valence-corrected chi connectivity index (χ3v) is 6.36. The maximum absolute atomic E-state index is 13.6. The first-order valence-electron chi connectivity index (χ1n) is 11.1. The van der Waals surface area contributed by atoms with Gasteiger partial charge < -0.3 is 21.1 Å². The zero-order valence-electron chi connectivity index (χ0n) is 19.3. The second-order valence-electron chi connectivity index (χ2n) is 9.92.